The van der Waals surface area contributed by atoms with E-state index in [1.807, 2.05) is 44.2 Å². The fourth-order valence-corrected chi connectivity index (χ4v) is 2.49. The van der Waals surface area contributed by atoms with Gasteiger partial charge in [-0.1, -0.05) is 18.2 Å². The van der Waals surface area contributed by atoms with Gasteiger partial charge in [-0.05, 0) is 32.0 Å². The molecule has 0 saturated carbocycles. The highest BCUT2D eigenvalue weighted by molar-refractivity contribution is 14.0. The van der Waals surface area contributed by atoms with Crippen LogP contribution in [0.15, 0.2) is 52.1 Å². The SMILES string of the molecule is CCNC(=NCc1ccccc1OCC)NCc1nc(-c2ccco2)n[nH]1.I. The Hall–Kier alpha value is -2.56. The summed E-state index contributed by atoms with van der Waals surface area (Å²) in [6, 6.07) is 11.5. The highest BCUT2D eigenvalue weighted by atomic mass is 127. The molecule has 0 atom stereocenters. The van der Waals surface area contributed by atoms with Crippen LogP contribution < -0.4 is 15.4 Å². The molecule has 2 aromatic heterocycles. The topological polar surface area (TPSA) is 100 Å². The first-order valence-electron chi connectivity index (χ1n) is 8.98. The Kier molecular flexibility index (Phi) is 8.79. The molecule has 3 aromatic rings. The van der Waals surface area contributed by atoms with Crippen LogP contribution in [-0.2, 0) is 13.1 Å². The molecule has 1 aromatic carbocycles. The van der Waals surface area contributed by atoms with Gasteiger partial charge in [0.15, 0.2) is 11.7 Å². The van der Waals surface area contributed by atoms with Crippen molar-refractivity contribution >= 4 is 29.9 Å². The average Bonchev–Trinajstić information content (AvgIpc) is 3.37. The third kappa shape index (κ3) is 5.98. The molecule has 0 unspecified atom stereocenters. The van der Waals surface area contributed by atoms with Crippen molar-refractivity contribution in [1.82, 2.24) is 25.8 Å². The van der Waals surface area contributed by atoms with E-state index in [1.165, 1.54) is 0 Å². The Bertz CT molecular complexity index is 863. The quantitative estimate of drug-likeness (QED) is 0.251. The van der Waals surface area contributed by atoms with Crippen LogP contribution >= 0.6 is 24.0 Å². The Labute approximate surface area is 181 Å². The Morgan fingerprint density at radius 1 is 1.18 bits per heavy atom. The van der Waals surface area contributed by atoms with Gasteiger partial charge in [0.1, 0.15) is 11.6 Å². The smallest absolute Gasteiger partial charge is 0.216 e. The molecule has 9 heteroatoms. The molecule has 8 nitrogen and oxygen atoms in total. The molecule has 28 heavy (non-hydrogen) atoms. The Morgan fingerprint density at radius 2 is 2.04 bits per heavy atom. The number of halogens is 1. The number of nitrogens with one attached hydrogen (secondary N) is 3. The maximum absolute atomic E-state index is 5.65. The highest BCUT2D eigenvalue weighted by Crippen LogP contribution is 2.18. The first-order chi connectivity index (χ1) is 13.3. The second-order valence-corrected chi connectivity index (χ2v) is 5.67. The molecule has 0 aliphatic heterocycles. The van der Waals surface area contributed by atoms with E-state index < -0.39 is 0 Å². The van der Waals surface area contributed by atoms with Crippen molar-refractivity contribution in [3.63, 3.8) is 0 Å². The molecule has 150 valence electrons. The van der Waals surface area contributed by atoms with Crippen molar-refractivity contribution in [3.8, 4) is 17.3 Å². The predicted molar refractivity (Wildman–Crippen MR) is 119 cm³/mol. The molecule has 0 amide bonds. The first-order valence-corrected chi connectivity index (χ1v) is 8.98. The van der Waals surface area contributed by atoms with E-state index in [9.17, 15) is 0 Å². The van der Waals surface area contributed by atoms with E-state index in [0.717, 1.165) is 17.9 Å². The second kappa shape index (κ2) is 11.3. The minimum atomic E-state index is 0. The molecule has 0 bridgehead atoms. The summed E-state index contributed by atoms with van der Waals surface area (Å²) in [4.78, 5) is 9.05. The van der Waals surface area contributed by atoms with Gasteiger partial charge >= 0.3 is 0 Å². The summed E-state index contributed by atoms with van der Waals surface area (Å²) in [6.07, 6.45) is 1.60. The molecule has 0 aliphatic rings. The lowest BCUT2D eigenvalue weighted by atomic mass is 10.2. The number of ether oxygens (including phenoxy) is 1. The van der Waals surface area contributed by atoms with E-state index in [4.69, 9.17) is 9.15 Å². The third-order valence-corrected chi connectivity index (χ3v) is 3.72. The fraction of sp³-hybridized carbons (Fsp3) is 0.316. The highest BCUT2D eigenvalue weighted by Gasteiger charge is 2.09. The lowest BCUT2D eigenvalue weighted by Crippen LogP contribution is -2.37. The van der Waals surface area contributed by atoms with Crippen molar-refractivity contribution in [2.24, 2.45) is 4.99 Å². The van der Waals surface area contributed by atoms with Gasteiger partial charge < -0.3 is 19.8 Å². The zero-order valence-electron chi connectivity index (χ0n) is 15.9. The number of aliphatic imine (C=N–C) groups is 1. The average molecular weight is 496 g/mol. The van der Waals surface area contributed by atoms with Crippen molar-refractivity contribution in [3.05, 3.63) is 54.0 Å². The fourth-order valence-electron chi connectivity index (χ4n) is 2.49. The van der Waals surface area contributed by atoms with E-state index >= 15 is 0 Å². The van der Waals surface area contributed by atoms with Crippen molar-refractivity contribution < 1.29 is 9.15 Å². The number of rotatable bonds is 8. The number of hydrogen-bond donors (Lipinski definition) is 3. The van der Waals surface area contributed by atoms with Crippen LogP contribution in [0.5, 0.6) is 5.75 Å². The van der Waals surface area contributed by atoms with Crippen molar-refractivity contribution in [1.29, 1.82) is 0 Å². The Balaban J connectivity index is 0.00000280. The summed E-state index contributed by atoms with van der Waals surface area (Å²) in [7, 11) is 0. The molecular formula is C19H25IN6O2. The lowest BCUT2D eigenvalue weighted by Gasteiger charge is -2.11. The third-order valence-electron chi connectivity index (χ3n) is 3.72. The van der Waals surface area contributed by atoms with Gasteiger partial charge in [0.25, 0.3) is 0 Å². The first kappa shape index (κ1) is 21.7. The van der Waals surface area contributed by atoms with Crippen LogP contribution in [0.4, 0.5) is 0 Å². The maximum Gasteiger partial charge on any atom is 0.216 e. The summed E-state index contributed by atoms with van der Waals surface area (Å²) in [5.41, 5.74) is 1.04. The number of para-hydroxylation sites is 1. The molecule has 2 heterocycles. The minimum Gasteiger partial charge on any atom is -0.494 e. The van der Waals surface area contributed by atoms with Gasteiger partial charge in [-0.3, -0.25) is 5.10 Å². The van der Waals surface area contributed by atoms with E-state index in [0.29, 0.717) is 43.1 Å². The zero-order chi connectivity index (χ0) is 18.9. The van der Waals surface area contributed by atoms with Crippen LogP contribution in [0, 0.1) is 0 Å². The standard InChI is InChI=1S/C19H24N6O2.HI/c1-3-20-19(21-12-14-8-5-6-9-15(14)26-4-2)22-13-17-23-18(25-24-17)16-10-7-11-27-16;/h5-11H,3-4,12-13H2,1-2H3,(H2,20,21,22)(H,23,24,25);1H. The summed E-state index contributed by atoms with van der Waals surface area (Å²) < 4.78 is 11.0. The summed E-state index contributed by atoms with van der Waals surface area (Å²) in [6.45, 7) is 6.36. The largest absolute Gasteiger partial charge is 0.494 e. The Morgan fingerprint density at radius 3 is 2.79 bits per heavy atom. The monoisotopic (exact) mass is 496 g/mol. The zero-order valence-corrected chi connectivity index (χ0v) is 18.3. The normalized spacial score (nSPS) is 11.0. The molecule has 0 saturated heterocycles. The molecule has 3 N–H and O–H groups in total. The van der Waals surface area contributed by atoms with Gasteiger partial charge in [-0.15, -0.1) is 29.1 Å². The van der Waals surface area contributed by atoms with Gasteiger partial charge in [0, 0.05) is 12.1 Å². The number of furan rings is 1. The van der Waals surface area contributed by atoms with Crippen LogP contribution in [0.3, 0.4) is 0 Å². The maximum atomic E-state index is 5.65. The molecule has 0 fully saturated rings. The number of benzene rings is 1. The van der Waals surface area contributed by atoms with Crippen LogP contribution in [0.25, 0.3) is 11.6 Å². The number of guanidine groups is 1. The van der Waals surface area contributed by atoms with Gasteiger partial charge in [0.2, 0.25) is 5.82 Å². The second-order valence-electron chi connectivity index (χ2n) is 5.67. The molecule has 3 rings (SSSR count). The van der Waals surface area contributed by atoms with Crippen molar-refractivity contribution in [2.75, 3.05) is 13.2 Å². The van der Waals surface area contributed by atoms with E-state index in [1.54, 1.807) is 12.3 Å². The van der Waals surface area contributed by atoms with Gasteiger partial charge in [-0.25, -0.2) is 9.98 Å². The predicted octanol–water partition coefficient (Wildman–Crippen LogP) is 3.34. The van der Waals surface area contributed by atoms with Crippen LogP contribution in [-0.4, -0.2) is 34.3 Å². The summed E-state index contributed by atoms with van der Waals surface area (Å²) in [5.74, 6) is 3.41. The van der Waals surface area contributed by atoms with E-state index in [-0.39, 0.29) is 24.0 Å². The molecule has 0 spiro atoms. The van der Waals surface area contributed by atoms with Gasteiger partial charge in [-0.2, -0.15) is 0 Å². The number of H-pyrrole nitrogens is 1. The number of aromatic amines is 1. The van der Waals surface area contributed by atoms with Crippen molar-refractivity contribution in [2.45, 2.75) is 26.9 Å². The molecule has 0 aliphatic carbocycles. The number of aromatic nitrogens is 3. The minimum absolute atomic E-state index is 0. The lowest BCUT2D eigenvalue weighted by molar-refractivity contribution is 0.336. The van der Waals surface area contributed by atoms with Crippen LogP contribution in [0.2, 0.25) is 0 Å². The summed E-state index contributed by atoms with van der Waals surface area (Å²) >= 11 is 0. The van der Waals surface area contributed by atoms with E-state index in [2.05, 4.69) is 30.8 Å². The molecular weight excluding hydrogens is 471 g/mol. The molecule has 0 radical (unpaired) electrons. The number of hydrogen-bond acceptors (Lipinski definition) is 5. The van der Waals surface area contributed by atoms with Gasteiger partial charge in [0.05, 0.1) is 26.0 Å². The van der Waals surface area contributed by atoms with Crippen LogP contribution in [0.1, 0.15) is 25.2 Å². The number of nitrogens with zero attached hydrogens (tertiary/aromatic N) is 3. The summed E-state index contributed by atoms with van der Waals surface area (Å²) in [5, 5.41) is 13.5.